The third-order valence-corrected chi connectivity index (χ3v) is 3.74. The highest BCUT2D eigenvalue weighted by Crippen LogP contribution is 2.27. The van der Waals surface area contributed by atoms with Gasteiger partial charge in [-0.2, -0.15) is 10.2 Å². The summed E-state index contributed by atoms with van der Waals surface area (Å²) in [4.78, 5) is 19.4. The van der Waals surface area contributed by atoms with Gasteiger partial charge in [-0.05, 0) is 24.3 Å². The van der Waals surface area contributed by atoms with Crippen molar-refractivity contribution in [3.63, 3.8) is 0 Å². The van der Waals surface area contributed by atoms with E-state index >= 15 is 0 Å². The van der Waals surface area contributed by atoms with Crippen molar-refractivity contribution in [1.82, 2.24) is 25.6 Å². The van der Waals surface area contributed by atoms with Crippen LogP contribution >= 0.6 is 0 Å². The lowest BCUT2D eigenvalue weighted by Crippen LogP contribution is -2.18. The van der Waals surface area contributed by atoms with Crippen molar-refractivity contribution < 1.29 is 4.79 Å². The zero-order valence-corrected chi connectivity index (χ0v) is 13.1. The van der Waals surface area contributed by atoms with E-state index in [9.17, 15) is 4.79 Å². The number of fused-ring (bicyclic) bond motifs is 1. The number of H-pyrrole nitrogens is 2. The zero-order valence-electron chi connectivity index (χ0n) is 13.1. The van der Waals surface area contributed by atoms with Crippen molar-refractivity contribution in [2.24, 2.45) is 5.10 Å². The largest absolute Gasteiger partial charge is 0.360 e. The number of rotatable bonds is 4. The predicted octanol–water partition coefficient (Wildman–Crippen LogP) is 2.72. The highest BCUT2D eigenvalue weighted by Gasteiger charge is 2.13. The Morgan fingerprint density at radius 1 is 1.16 bits per heavy atom. The number of para-hydroxylation sites is 1. The zero-order chi connectivity index (χ0) is 17.1. The fourth-order valence-electron chi connectivity index (χ4n) is 2.53. The van der Waals surface area contributed by atoms with Crippen LogP contribution in [-0.2, 0) is 0 Å². The van der Waals surface area contributed by atoms with Gasteiger partial charge in [-0.15, -0.1) is 0 Å². The van der Waals surface area contributed by atoms with Crippen LogP contribution in [0.2, 0.25) is 0 Å². The molecule has 4 aromatic rings. The van der Waals surface area contributed by atoms with Gasteiger partial charge in [-0.1, -0.05) is 24.3 Å². The second-order valence-electron chi connectivity index (χ2n) is 5.37. The second kappa shape index (κ2) is 6.40. The van der Waals surface area contributed by atoms with E-state index in [0.717, 1.165) is 16.5 Å². The number of benzene rings is 1. The van der Waals surface area contributed by atoms with Gasteiger partial charge < -0.3 is 4.98 Å². The van der Waals surface area contributed by atoms with Gasteiger partial charge in [0.1, 0.15) is 5.69 Å². The molecule has 3 aromatic heterocycles. The fraction of sp³-hybridized carbons (Fsp3) is 0. The first-order valence-corrected chi connectivity index (χ1v) is 7.67. The Bertz CT molecular complexity index is 1050. The molecule has 0 aliphatic heterocycles. The molecule has 0 unspecified atom stereocenters. The maximum absolute atomic E-state index is 12.2. The molecule has 1 amide bonds. The van der Waals surface area contributed by atoms with Crippen LogP contribution < -0.4 is 5.43 Å². The molecule has 0 aliphatic rings. The molecule has 1 aromatic carbocycles. The summed E-state index contributed by atoms with van der Waals surface area (Å²) in [5, 5.41) is 11.9. The van der Waals surface area contributed by atoms with Gasteiger partial charge in [0.05, 0.1) is 17.6 Å². The molecule has 7 heteroatoms. The van der Waals surface area contributed by atoms with Gasteiger partial charge in [-0.25, -0.2) is 5.43 Å². The normalized spacial score (nSPS) is 11.2. The molecule has 4 rings (SSSR count). The maximum Gasteiger partial charge on any atom is 0.289 e. The number of nitrogens with zero attached hydrogens (tertiary/aromatic N) is 3. The predicted molar refractivity (Wildman–Crippen MR) is 95.2 cm³/mol. The molecule has 0 bridgehead atoms. The van der Waals surface area contributed by atoms with Crippen molar-refractivity contribution in [2.45, 2.75) is 0 Å². The maximum atomic E-state index is 12.2. The summed E-state index contributed by atoms with van der Waals surface area (Å²) < 4.78 is 0. The van der Waals surface area contributed by atoms with E-state index in [1.165, 1.54) is 6.21 Å². The molecule has 0 spiro atoms. The molecule has 122 valence electrons. The molecular formula is C18H14N6O. The van der Waals surface area contributed by atoms with Crippen LogP contribution in [0.15, 0.2) is 66.0 Å². The number of pyridine rings is 1. The Hall–Kier alpha value is -3.74. The smallest absolute Gasteiger partial charge is 0.289 e. The van der Waals surface area contributed by atoms with Gasteiger partial charge in [0.2, 0.25) is 0 Å². The monoisotopic (exact) mass is 330 g/mol. The number of aromatic nitrogens is 4. The van der Waals surface area contributed by atoms with E-state index in [4.69, 9.17) is 0 Å². The quantitative estimate of drug-likeness (QED) is 0.396. The number of hydrogen-bond donors (Lipinski definition) is 3. The third kappa shape index (κ3) is 3.02. The van der Waals surface area contributed by atoms with Crippen LogP contribution in [0.25, 0.3) is 22.2 Å². The Balaban J connectivity index is 1.51. The number of amides is 1. The van der Waals surface area contributed by atoms with Crippen molar-refractivity contribution in [3.8, 4) is 11.3 Å². The molecule has 0 radical (unpaired) electrons. The van der Waals surface area contributed by atoms with E-state index < -0.39 is 0 Å². The number of carbonyl (C=O) groups is 1. The first-order chi connectivity index (χ1) is 12.3. The Kier molecular flexibility index (Phi) is 3.80. The van der Waals surface area contributed by atoms with E-state index in [2.05, 4.69) is 30.7 Å². The minimum atomic E-state index is -0.370. The van der Waals surface area contributed by atoms with E-state index in [1.54, 1.807) is 18.3 Å². The molecule has 0 atom stereocenters. The summed E-state index contributed by atoms with van der Waals surface area (Å²) in [5.41, 5.74) is 6.09. The van der Waals surface area contributed by atoms with Gasteiger partial charge >= 0.3 is 0 Å². The Morgan fingerprint density at radius 2 is 2.04 bits per heavy atom. The molecule has 3 N–H and O–H groups in total. The van der Waals surface area contributed by atoms with Gasteiger partial charge in [0, 0.05) is 28.9 Å². The number of carbonyl (C=O) groups excluding carboxylic acids is 1. The van der Waals surface area contributed by atoms with Gasteiger partial charge in [0.15, 0.2) is 0 Å². The van der Waals surface area contributed by atoms with Gasteiger partial charge in [0.25, 0.3) is 5.91 Å². The minimum Gasteiger partial charge on any atom is -0.360 e. The van der Waals surface area contributed by atoms with E-state index in [1.807, 2.05) is 42.6 Å². The first-order valence-electron chi connectivity index (χ1n) is 7.67. The molecule has 0 aliphatic carbocycles. The lowest BCUT2D eigenvalue weighted by atomic mass is 10.1. The molecule has 25 heavy (non-hydrogen) atoms. The Morgan fingerprint density at radius 3 is 2.92 bits per heavy atom. The minimum absolute atomic E-state index is 0.332. The van der Waals surface area contributed by atoms with Crippen LogP contribution in [0, 0.1) is 0 Å². The molecule has 0 saturated carbocycles. The lowest BCUT2D eigenvalue weighted by Gasteiger charge is -1.95. The fourth-order valence-corrected chi connectivity index (χ4v) is 2.53. The number of aromatic amines is 2. The van der Waals surface area contributed by atoms with Crippen LogP contribution in [0.3, 0.4) is 0 Å². The highest BCUT2D eigenvalue weighted by molar-refractivity contribution is 5.97. The molecule has 3 heterocycles. The SMILES string of the molecule is O=C(NN=Cc1ccccn1)c1cc(-c2c[nH]c3ccccc23)n[nH]1. The summed E-state index contributed by atoms with van der Waals surface area (Å²) in [6.45, 7) is 0. The molecule has 0 fully saturated rings. The molecular weight excluding hydrogens is 316 g/mol. The van der Waals surface area contributed by atoms with Crippen molar-refractivity contribution in [3.05, 3.63) is 72.3 Å². The highest BCUT2D eigenvalue weighted by atomic mass is 16.2. The summed E-state index contributed by atoms with van der Waals surface area (Å²) in [5.74, 6) is -0.370. The van der Waals surface area contributed by atoms with Crippen LogP contribution in [0.5, 0.6) is 0 Å². The van der Waals surface area contributed by atoms with Crippen LogP contribution in [0.4, 0.5) is 0 Å². The third-order valence-electron chi connectivity index (χ3n) is 3.74. The van der Waals surface area contributed by atoms with E-state index in [-0.39, 0.29) is 5.91 Å². The summed E-state index contributed by atoms with van der Waals surface area (Å²) >= 11 is 0. The first kappa shape index (κ1) is 14.8. The van der Waals surface area contributed by atoms with Crippen LogP contribution in [-0.4, -0.2) is 32.3 Å². The van der Waals surface area contributed by atoms with Gasteiger partial charge in [-0.3, -0.25) is 14.9 Å². The summed E-state index contributed by atoms with van der Waals surface area (Å²) in [7, 11) is 0. The summed E-state index contributed by atoms with van der Waals surface area (Å²) in [6, 6.07) is 15.1. The number of hydrazone groups is 1. The molecule has 0 saturated heterocycles. The van der Waals surface area contributed by atoms with Crippen molar-refractivity contribution in [1.29, 1.82) is 0 Å². The topological polar surface area (TPSA) is 98.8 Å². The lowest BCUT2D eigenvalue weighted by molar-refractivity contribution is 0.0950. The second-order valence-corrected chi connectivity index (χ2v) is 5.37. The number of hydrogen-bond acceptors (Lipinski definition) is 4. The average Bonchev–Trinajstić information content (AvgIpc) is 3.29. The molecule has 7 nitrogen and oxygen atoms in total. The van der Waals surface area contributed by atoms with Crippen molar-refractivity contribution in [2.75, 3.05) is 0 Å². The number of nitrogens with one attached hydrogen (secondary N) is 3. The van der Waals surface area contributed by atoms with Crippen LogP contribution in [0.1, 0.15) is 16.2 Å². The van der Waals surface area contributed by atoms with E-state index in [0.29, 0.717) is 17.1 Å². The van der Waals surface area contributed by atoms with Crippen molar-refractivity contribution >= 4 is 23.0 Å². The summed E-state index contributed by atoms with van der Waals surface area (Å²) in [6.07, 6.45) is 5.02. The standard InChI is InChI=1S/C18H14N6O/c25-18(24-21-10-12-5-3-4-8-19-12)17-9-16(22-23-17)14-11-20-15-7-2-1-6-13(14)15/h1-11,20H,(H,22,23)(H,24,25). The average molecular weight is 330 g/mol. The Labute approximate surface area is 142 Å².